The van der Waals surface area contributed by atoms with E-state index in [0.29, 0.717) is 12.2 Å². The van der Waals surface area contributed by atoms with Crippen LogP contribution in [0.2, 0.25) is 0 Å². The molecule has 3 aromatic rings. The molecule has 1 aliphatic rings. The number of ether oxygens (including phenoxy) is 1. The Kier molecular flexibility index (Phi) is 4.86. The van der Waals surface area contributed by atoms with E-state index in [0.717, 1.165) is 47.6 Å². The van der Waals surface area contributed by atoms with Crippen LogP contribution in [0, 0.1) is 18.3 Å². The summed E-state index contributed by atoms with van der Waals surface area (Å²) in [6, 6.07) is 18.4. The fraction of sp³-hybridized carbons (Fsp3) is 0.217. The molecule has 0 saturated carbocycles. The number of hydrogen-bond acceptors (Lipinski definition) is 4. The zero-order valence-electron chi connectivity index (χ0n) is 15.3. The summed E-state index contributed by atoms with van der Waals surface area (Å²) < 4.78 is 5.94. The Balaban J connectivity index is 1.62. The van der Waals surface area contributed by atoms with Crippen LogP contribution in [0.15, 0.2) is 54.7 Å². The average Bonchev–Trinajstić information content (AvgIpc) is 2.72. The maximum atomic E-state index is 9.53. The van der Waals surface area contributed by atoms with Gasteiger partial charge in [-0.25, -0.2) is 0 Å². The average molecular weight is 355 g/mol. The molecule has 1 aliphatic heterocycles. The van der Waals surface area contributed by atoms with E-state index in [1.807, 2.05) is 37.3 Å². The summed E-state index contributed by atoms with van der Waals surface area (Å²) in [5.74, 6) is 0.739. The van der Waals surface area contributed by atoms with Crippen LogP contribution in [-0.4, -0.2) is 11.5 Å². The summed E-state index contributed by atoms with van der Waals surface area (Å²) in [6.07, 6.45) is 2.84. The summed E-state index contributed by atoms with van der Waals surface area (Å²) >= 11 is 0. The maximum absolute atomic E-state index is 9.53. The Bertz CT molecular complexity index is 1020. The molecule has 4 rings (SSSR count). The van der Waals surface area contributed by atoms with Gasteiger partial charge >= 0.3 is 0 Å². The molecule has 2 aromatic carbocycles. The van der Waals surface area contributed by atoms with E-state index in [-0.39, 0.29) is 0 Å². The molecule has 0 amide bonds. The van der Waals surface area contributed by atoms with Crippen molar-refractivity contribution >= 4 is 0 Å². The first-order chi connectivity index (χ1) is 13.2. The molecule has 0 unspecified atom stereocenters. The van der Waals surface area contributed by atoms with Crippen LogP contribution in [0.3, 0.4) is 0 Å². The number of fused-ring (bicyclic) bond motifs is 1. The summed E-state index contributed by atoms with van der Waals surface area (Å²) in [5, 5.41) is 12.9. The third-order valence-corrected chi connectivity index (χ3v) is 4.87. The molecular weight excluding hydrogens is 334 g/mol. The van der Waals surface area contributed by atoms with Crippen molar-refractivity contribution in [1.29, 1.82) is 5.26 Å². The fourth-order valence-corrected chi connectivity index (χ4v) is 3.43. The van der Waals surface area contributed by atoms with Crippen LogP contribution in [0.25, 0.3) is 11.1 Å². The van der Waals surface area contributed by atoms with Crippen LogP contribution >= 0.6 is 0 Å². The zero-order valence-corrected chi connectivity index (χ0v) is 15.3. The molecule has 0 atom stereocenters. The fourth-order valence-electron chi connectivity index (χ4n) is 3.43. The number of nitrogens with zero attached hydrogens (tertiary/aromatic N) is 2. The molecule has 0 fully saturated rings. The maximum Gasteiger partial charge on any atom is 0.130 e. The van der Waals surface area contributed by atoms with Gasteiger partial charge in [0.25, 0.3) is 0 Å². The lowest BCUT2D eigenvalue weighted by molar-refractivity contribution is 0.301. The van der Waals surface area contributed by atoms with E-state index in [4.69, 9.17) is 4.74 Å². The molecule has 27 heavy (non-hydrogen) atoms. The number of benzene rings is 2. The second kappa shape index (κ2) is 7.61. The highest BCUT2D eigenvalue weighted by Gasteiger charge is 2.13. The van der Waals surface area contributed by atoms with Crippen molar-refractivity contribution < 1.29 is 4.74 Å². The van der Waals surface area contributed by atoms with Gasteiger partial charge in [0.15, 0.2) is 0 Å². The van der Waals surface area contributed by atoms with Gasteiger partial charge in [-0.1, -0.05) is 12.1 Å². The summed E-state index contributed by atoms with van der Waals surface area (Å²) in [7, 11) is 0. The predicted molar refractivity (Wildman–Crippen MR) is 105 cm³/mol. The number of aryl methyl sites for hydroxylation is 1. The highest BCUT2D eigenvalue weighted by Crippen LogP contribution is 2.30. The number of nitriles is 1. The Hall–Kier alpha value is -3.16. The van der Waals surface area contributed by atoms with Gasteiger partial charge in [-0.05, 0) is 78.5 Å². The lowest BCUT2D eigenvalue weighted by Crippen LogP contribution is -2.23. The predicted octanol–water partition coefficient (Wildman–Crippen LogP) is 4.15. The molecule has 134 valence electrons. The minimum atomic E-state index is 0.404. The Morgan fingerprint density at radius 1 is 1.11 bits per heavy atom. The molecule has 4 heteroatoms. The number of pyridine rings is 1. The molecule has 0 bridgehead atoms. The van der Waals surface area contributed by atoms with Crippen LogP contribution < -0.4 is 10.1 Å². The van der Waals surface area contributed by atoms with Gasteiger partial charge < -0.3 is 10.1 Å². The van der Waals surface area contributed by atoms with Crippen molar-refractivity contribution in [2.45, 2.75) is 26.5 Å². The molecular formula is C23H21N3O. The molecule has 1 aromatic heterocycles. The molecule has 0 radical (unpaired) electrons. The van der Waals surface area contributed by atoms with Gasteiger partial charge in [0.05, 0.1) is 17.3 Å². The van der Waals surface area contributed by atoms with Gasteiger partial charge in [0, 0.05) is 18.3 Å². The van der Waals surface area contributed by atoms with Gasteiger partial charge in [0.1, 0.15) is 12.4 Å². The van der Waals surface area contributed by atoms with E-state index in [1.165, 1.54) is 11.1 Å². The third kappa shape index (κ3) is 3.84. The lowest BCUT2D eigenvalue weighted by atomic mass is 9.93. The van der Waals surface area contributed by atoms with Crippen molar-refractivity contribution in [1.82, 2.24) is 10.3 Å². The largest absolute Gasteiger partial charge is 0.487 e. The summed E-state index contributed by atoms with van der Waals surface area (Å²) in [6.45, 7) is 4.34. The quantitative estimate of drug-likeness (QED) is 0.764. The van der Waals surface area contributed by atoms with E-state index < -0.39 is 0 Å². The monoisotopic (exact) mass is 355 g/mol. The van der Waals surface area contributed by atoms with Crippen molar-refractivity contribution in [2.75, 3.05) is 6.54 Å². The standard InChI is InChI=1S/C23H21N3O/c1-16-6-9-26-21(10-16)15-27-22-5-4-19(13-24)23(12-22)18-3-2-17-7-8-25-14-20(17)11-18/h2-6,9-12,25H,7-8,14-15H2,1H3. The first-order valence-corrected chi connectivity index (χ1v) is 9.14. The SMILES string of the molecule is Cc1ccnc(COc2ccc(C#N)c(-c3ccc4c(c3)CNCC4)c2)c1. The zero-order chi connectivity index (χ0) is 18.6. The van der Waals surface area contributed by atoms with Crippen LogP contribution in [0.5, 0.6) is 5.75 Å². The lowest BCUT2D eigenvalue weighted by Gasteiger charge is -2.18. The van der Waals surface area contributed by atoms with Crippen molar-refractivity contribution in [3.63, 3.8) is 0 Å². The Morgan fingerprint density at radius 2 is 2.04 bits per heavy atom. The number of nitrogens with one attached hydrogen (secondary N) is 1. The Labute approximate surface area is 159 Å². The Morgan fingerprint density at radius 3 is 2.89 bits per heavy atom. The minimum Gasteiger partial charge on any atom is -0.487 e. The van der Waals surface area contributed by atoms with Crippen LogP contribution in [0.1, 0.15) is 27.9 Å². The smallest absolute Gasteiger partial charge is 0.130 e. The van der Waals surface area contributed by atoms with Gasteiger partial charge in [0.2, 0.25) is 0 Å². The third-order valence-electron chi connectivity index (χ3n) is 4.87. The summed E-state index contributed by atoms with van der Waals surface area (Å²) in [5.41, 5.74) is 7.34. The van der Waals surface area contributed by atoms with Crippen LogP contribution in [0.4, 0.5) is 0 Å². The molecule has 4 nitrogen and oxygen atoms in total. The number of hydrogen-bond donors (Lipinski definition) is 1. The molecule has 1 N–H and O–H groups in total. The van der Waals surface area contributed by atoms with Gasteiger partial charge in [-0.2, -0.15) is 5.26 Å². The topological polar surface area (TPSA) is 57.9 Å². The van der Waals surface area contributed by atoms with Crippen molar-refractivity contribution in [2.24, 2.45) is 0 Å². The second-order valence-electron chi connectivity index (χ2n) is 6.84. The number of rotatable bonds is 4. The molecule has 0 saturated heterocycles. The van der Waals surface area contributed by atoms with E-state index in [9.17, 15) is 5.26 Å². The van der Waals surface area contributed by atoms with E-state index in [2.05, 4.69) is 34.6 Å². The molecule has 0 aliphatic carbocycles. The first kappa shape index (κ1) is 17.3. The molecule has 2 heterocycles. The van der Waals surface area contributed by atoms with E-state index >= 15 is 0 Å². The summed E-state index contributed by atoms with van der Waals surface area (Å²) in [4.78, 5) is 4.33. The van der Waals surface area contributed by atoms with Crippen molar-refractivity contribution in [3.05, 3.63) is 82.7 Å². The second-order valence-corrected chi connectivity index (χ2v) is 6.84. The normalized spacial score (nSPS) is 12.9. The minimum absolute atomic E-state index is 0.404. The highest BCUT2D eigenvalue weighted by atomic mass is 16.5. The van der Waals surface area contributed by atoms with Crippen LogP contribution in [-0.2, 0) is 19.6 Å². The van der Waals surface area contributed by atoms with Gasteiger partial charge in [-0.15, -0.1) is 0 Å². The van der Waals surface area contributed by atoms with Gasteiger partial charge in [-0.3, -0.25) is 4.98 Å². The van der Waals surface area contributed by atoms with Crippen molar-refractivity contribution in [3.8, 4) is 22.9 Å². The van der Waals surface area contributed by atoms with E-state index in [1.54, 1.807) is 6.20 Å². The highest BCUT2D eigenvalue weighted by molar-refractivity contribution is 5.73. The first-order valence-electron chi connectivity index (χ1n) is 9.14. The molecule has 0 spiro atoms. The number of aromatic nitrogens is 1.